The summed E-state index contributed by atoms with van der Waals surface area (Å²) in [5.74, 6) is -0.779. The highest BCUT2D eigenvalue weighted by molar-refractivity contribution is 5.96. The smallest absolute Gasteiger partial charge is 0.375 e. The number of esters is 1. The standard InChI is InChI=1S/C19H17FO4/c1-12(13-7-9-14(20)10-8-13)23-19(21)18-16(11-22-2)15-5-3-4-6-17(15)24-18/h3-10,12H,11H2,1-2H3. The Labute approximate surface area is 138 Å². The van der Waals surface area contributed by atoms with Crippen molar-refractivity contribution >= 4 is 16.9 Å². The minimum Gasteiger partial charge on any atom is -0.452 e. The van der Waals surface area contributed by atoms with Crippen LogP contribution in [0.4, 0.5) is 4.39 Å². The van der Waals surface area contributed by atoms with Crippen LogP contribution in [0, 0.1) is 5.82 Å². The predicted octanol–water partition coefficient (Wildman–Crippen LogP) is 4.64. The average Bonchev–Trinajstić information content (AvgIpc) is 2.95. The molecule has 0 saturated carbocycles. The van der Waals surface area contributed by atoms with E-state index in [9.17, 15) is 9.18 Å². The van der Waals surface area contributed by atoms with Gasteiger partial charge in [0.15, 0.2) is 0 Å². The molecule has 3 aromatic rings. The van der Waals surface area contributed by atoms with E-state index in [0.717, 1.165) is 5.39 Å². The van der Waals surface area contributed by atoms with Gasteiger partial charge in [-0.05, 0) is 30.7 Å². The Bertz CT molecular complexity index is 851. The molecule has 0 radical (unpaired) electrons. The van der Waals surface area contributed by atoms with Gasteiger partial charge in [-0.3, -0.25) is 0 Å². The van der Waals surface area contributed by atoms with E-state index in [1.807, 2.05) is 18.2 Å². The summed E-state index contributed by atoms with van der Waals surface area (Å²) in [6, 6.07) is 13.2. The van der Waals surface area contributed by atoms with Gasteiger partial charge in [0.25, 0.3) is 0 Å². The van der Waals surface area contributed by atoms with Gasteiger partial charge >= 0.3 is 5.97 Å². The number of halogens is 1. The molecule has 0 amide bonds. The minimum atomic E-state index is -0.574. The molecular weight excluding hydrogens is 311 g/mol. The summed E-state index contributed by atoms with van der Waals surface area (Å²) < 4.78 is 29.3. The van der Waals surface area contributed by atoms with E-state index in [1.54, 1.807) is 32.2 Å². The predicted molar refractivity (Wildman–Crippen MR) is 87.2 cm³/mol. The summed E-state index contributed by atoms with van der Waals surface area (Å²) in [6.07, 6.45) is -0.526. The molecule has 0 saturated heterocycles. The molecule has 0 aliphatic rings. The molecule has 1 atom stereocenters. The topological polar surface area (TPSA) is 48.7 Å². The number of hydrogen-bond donors (Lipinski definition) is 0. The van der Waals surface area contributed by atoms with Gasteiger partial charge < -0.3 is 13.9 Å². The molecule has 0 N–H and O–H groups in total. The van der Waals surface area contributed by atoms with Crippen LogP contribution in [0.25, 0.3) is 11.0 Å². The van der Waals surface area contributed by atoms with E-state index in [4.69, 9.17) is 13.9 Å². The summed E-state index contributed by atoms with van der Waals surface area (Å²) in [6.45, 7) is 1.97. The lowest BCUT2D eigenvalue weighted by molar-refractivity contribution is 0.0298. The van der Waals surface area contributed by atoms with E-state index in [-0.39, 0.29) is 18.2 Å². The highest BCUT2D eigenvalue weighted by Crippen LogP contribution is 2.28. The molecule has 24 heavy (non-hydrogen) atoms. The fraction of sp³-hybridized carbons (Fsp3) is 0.211. The van der Waals surface area contributed by atoms with Gasteiger partial charge in [-0.25, -0.2) is 9.18 Å². The molecule has 5 heteroatoms. The summed E-state index contributed by atoms with van der Waals surface area (Å²) >= 11 is 0. The van der Waals surface area contributed by atoms with Crippen molar-refractivity contribution in [2.75, 3.05) is 7.11 Å². The van der Waals surface area contributed by atoms with Crippen LogP contribution in [0.5, 0.6) is 0 Å². The summed E-state index contributed by atoms with van der Waals surface area (Å²) in [7, 11) is 1.55. The molecule has 124 valence electrons. The van der Waals surface area contributed by atoms with E-state index in [2.05, 4.69) is 0 Å². The third kappa shape index (κ3) is 3.16. The van der Waals surface area contributed by atoms with Gasteiger partial charge in [0, 0.05) is 18.1 Å². The van der Waals surface area contributed by atoms with Crippen LogP contribution in [-0.4, -0.2) is 13.1 Å². The molecule has 1 heterocycles. The Morgan fingerprint density at radius 2 is 1.88 bits per heavy atom. The fourth-order valence-electron chi connectivity index (χ4n) is 2.57. The van der Waals surface area contributed by atoms with Crippen molar-refractivity contribution in [3.8, 4) is 0 Å². The Kier molecular flexibility index (Phi) is 4.62. The van der Waals surface area contributed by atoms with Crippen molar-refractivity contribution < 1.29 is 23.1 Å². The molecular formula is C19H17FO4. The normalized spacial score (nSPS) is 12.3. The van der Waals surface area contributed by atoms with Crippen LogP contribution in [0.2, 0.25) is 0 Å². The number of fused-ring (bicyclic) bond motifs is 1. The number of hydrogen-bond acceptors (Lipinski definition) is 4. The number of para-hydroxylation sites is 1. The second-order valence-corrected chi connectivity index (χ2v) is 5.44. The van der Waals surface area contributed by atoms with Crippen LogP contribution in [0.3, 0.4) is 0 Å². The molecule has 3 rings (SSSR count). The van der Waals surface area contributed by atoms with Crippen molar-refractivity contribution in [2.45, 2.75) is 19.6 Å². The number of methoxy groups -OCH3 is 1. The van der Waals surface area contributed by atoms with Crippen LogP contribution in [-0.2, 0) is 16.1 Å². The quantitative estimate of drug-likeness (QED) is 0.640. The Morgan fingerprint density at radius 1 is 1.17 bits per heavy atom. The first-order chi connectivity index (χ1) is 11.6. The lowest BCUT2D eigenvalue weighted by Crippen LogP contribution is -2.10. The zero-order valence-corrected chi connectivity index (χ0v) is 13.4. The van der Waals surface area contributed by atoms with Crippen LogP contribution in [0.1, 0.15) is 34.7 Å². The van der Waals surface area contributed by atoms with Crippen molar-refractivity contribution in [1.82, 2.24) is 0 Å². The third-order valence-corrected chi connectivity index (χ3v) is 3.80. The van der Waals surface area contributed by atoms with Crippen molar-refractivity contribution in [3.63, 3.8) is 0 Å². The van der Waals surface area contributed by atoms with Gasteiger partial charge in [-0.1, -0.05) is 30.3 Å². The number of rotatable bonds is 5. The Balaban J connectivity index is 1.88. The second kappa shape index (κ2) is 6.84. The number of furan rings is 1. The Morgan fingerprint density at radius 3 is 2.58 bits per heavy atom. The molecule has 0 spiro atoms. The lowest BCUT2D eigenvalue weighted by atomic mass is 10.1. The van der Waals surface area contributed by atoms with Crippen LogP contribution < -0.4 is 0 Å². The lowest BCUT2D eigenvalue weighted by Gasteiger charge is -2.13. The summed E-state index contributed by atoms with van der Waals surface area (Å²) in [4.78, 5) is 12.5. The molecule has 0 fully saturated rings. The first-order valence-electron chi connectivity index (χ1n) is 7.56. The van der Waals surface area contributed by atoms with Crippen molar-refractivity contribution in [2.24, 2.45) is 0 Å². The largest absolute Gasteiger partial charge is 0.452 e. The molecule has 1 unspecified atom stereocenters. The highest BCUT2D eigenvalue weighted by Gasteiger charge is 2.23. The third-order valence-electron chi connectivity index (χ3n) is 3.80. The maximum Gasteiger partial charge on any atom is 0.375 e. The molecule has 0 aliphatic carbocycles. The van der Waals surface area contributed by atoms with Crippen molar-refractivity contribution in [1.29, 1.82) is 0 Å². The zero-order chi connectivity index (χ0) is 17.1. The van der Waals surface area contributed by atoms with Gasteiger partial charge in [0.1, 0.15) is 17.5 Å². The monoisotopic (exact) mass is 328 g/mol. The van der Waals surface area contributed by atoms with E-state index < -0.39 is 12.1 Å². The van der Waals surface area contributed by atoms with E-state index >= 15 is 0 Å². The molecule has 2 aromatic carbocycles. The Hall–Kier alpha value is -2.66. The molecule has 1 aromatic heterocycles. The van der Waals surface area contributed by atoms with E-state index in [0.29, 0.717) is 16.7 Å². The fourth-order valence-corrected chi connectivity index (χ4v) is 2.57. The van der Waals surface area contributed by atoms with Crippen LogP contribution in [0.15, 0.2) is 52.9 Å². The molecule has 0 bridgehead atoms. The van der Waals surface area contributed by atoms with Gasteiger partial charge in [-0.15, -0.1) is 0 Å². The van der Waals surface area contributed by atoms with Crippen LogP contribution >= 0.6 is 0 Å². The summed E-state index contributed by atoms with van der Waals surface area (Å²) in [5.41, 5.74) is 1.96. The molecule has 4 nitrogen and oxygen atoms in total. The SMILES string of the molecule is COCc1c(C(=O)OC(C)c2ccc(F)cc2)oc2ccccc12. The number of carbonyl (C=O) groups is 1. The summed E-state index contributed by atoms with van der Waals surface area (Å²) in [5, 5.41) is 0.820. The first-order valence-corrected chi connectivity index (χ1v) is 7.56. The second-order valence-electron chi connectivity index (χ2n) is 5.44. The van der Waals surface area contributed by atoms with Gasteiger partial charge in [0.2, 0.25) is 5.76 Å². The van der Waals surface area contributed by atoms with Crippen molar-refractivity contribution in [3.05, 3.63) is 71.2 Å². The number of ether oxygens (including phenoxy) is 2. The maximum absolute atomic E-state index is 13.0. The van der Waals surface area contributed by atoms with Gasteiger partial charge in [-0.2, -0.15) is 0 Å². The number of benzene rings is 2. The average molecular weight is 328 g/mol. The molecule has 0 aliphatic heterocycles. The first kappa shape index (κ1) is 16.2. The zero-order valence-electron chi connectivity index (χ0n) is 13.4. The van der Waals surface area contributed by atoms with E-state index in [1.165, 1.54) is 12.1 Å². The maximum atomic E-state index is 13.0. The number of carbonyl (C=O) groups excluding carboxylic acids is 1. The minimum absolute atomic E-state index is 0.131. The highest BCUT2D eigenvalue weighted by atomic mass is 19.1. The van der Waals surface area contributed by atoms with Gasteiger partial charge in [0.05, 0.1) is 6.61 Å².